The van der Waals surface area contributed by atoms with Crippen LogP contribution in [-0.2, 0) is 0 Å². The van der Waals surface area contributed by atoms with Crippen LogP contribution < -0.4 is 5.73 Å². The number of aliphatic hydroxyl groups is 1. The lowest BCUT2D eigenvalue weighted by molar-refractivity contribution is 0.202. The Hall–Kier alpha value is -2.58. The van der Waals surface area contributed by atoms with Crippen molar-refractivity contribution in [2.24, 2.45) is 5.73 Å². The van der Waals surface area contributed by atoms with Crippen LogP contribution in [-0.4, -0.2) is 11.2 Å². The zero-order chi connectivity index (χ0) is 24.3. The van der Waals surface area contributed by atoms with Crippen LogP contribution >= 0.6 is 0 Å². The molecule has 0 radical (unpaired) electrons. The molecule has 3 N–H and O–H groups in total. The number of nitrogens with two attached hydrogens (primary N) is 1. The van der Waals surface area contributed by atoms with Gasteiger partial charge in [0.05, 0.1) is 6.10 Å². The molecular formula is C31H45NO. The molecule has 2 heteroatoms. The molecule has 2 nitrogen and oxygen atoms in total. The van der Waals surface area contributed by atoms with Gasteiger partial charge in [-0.05, 0) is 84.1 Å². The van der Waals surface area contributed by atoms with E-state index < -0.39 is 6.10 Å². The number of hydrogen-bond acceptors (Lipinski definition) is 2. The van der Waals surface area contributed by atoms with Gasteiger partial charge in [0.2, 0.25) is 0 Å². The van der Waals surface area contributed by atoms with E-state index >= 15 is 0 Å². The summed E-state index contributed by atoms with van der Waals surface area (Å²) in [7, 11) is 0. The third kappa shape index (κ3) is 13.5. The maximum absolute atomic E-state index is 11.0. The van der Waals surface area contributed by atoms with E-state index in [1.165, 1.54) is 11.1 Å². The van der Waals surface area contributed by atoms with Crippen molar-refractivity contribution in [3.8, 4) is 0 Å². The van der Waals surface area contributed by atoms with Gasteiger partial charge in [-0.1, -0.05) is 96.2 Å². The summed E-state index contributed by atoms with van der Waals surface area (Å²) in [6.07, 6.45) is 33.1. The summed E-state index contributed by atoms with van der Waals surface area (Å²) in [6.45, 7) is 10.3. The molecule has 0 spiro atoms. The molecule has 0 amide bonds. The largest absolute Gasteiger partial charge is 0.402 e. The molecular weight excluding hydrogens is 402 g/mol. The predicted molar refractivity (Wildman–Crippen MR) is 147 cm³/mol. The molecule has 1 aliphatic carbocycles. The molecule has 0 aromatic rings. The minimum Gasteiger partial charge on any atom is -0.402 e. The lowest BCUT2D eigenvalue weighted by atomic mass is 9.94. The summed E-state index contributed by atoms with van der Waals surface area (Å²) in [4.78, 5) is 0. The normalized spacial score (nSPS) is 16.8. The third-order valence-corrected chi connectivity index (χ3v) is 5.79. The van der Waals surface area contributed by atoms with Gasteiger partial charge in [0.1, 0.15) is 0 Å². The quantitative estimate of drug-likeness (QED) is 0.196. The first-order valence-corrected chi connectivity index (χ1v) is 12.4. The number of hydrogen-bond donors (Lipinski definition) is 2. The third-order valence-electron chi connectivity index (χ3n) is 5.79. The Bertz CT molecular complexity index is 827. The number of aliphatic hydroxyl groups excluding tert-OH is 1. The SMILES string of the molecule is C=C(/C=C\C(=C(/N)CCCC/C=C\C=C/C)C(O)CCC1=CC=CCC1)C/C=C\C(C)=C/C. The zero-order valence-electron chi connectivity index (χ0n) is 21.1. The van der Waals surface area contributed by atoms with Gasteiger partial charge in [-0.3, -0.25) is 0 Å². The van der Waals surface area contributed by atoms with Gasteiger partial charge < -0.3 is 10.8 Å². The lowest BCUT2D eigenvalue weighted by Crippen LogP contribution is -2.15. The van der Waals surface area contributed by atoms with E-state index in [1.54, 1.807) is 0 Å². The van der Waals surface area contributed by atoms with E-state index in [4.69, 9.17) is 5.73 Å². The fourth-order valence-corrected chi connectivity index (χ4v) is 3.55. The average molecular weight is 448 g/mol. The Morgan fingerprint density at radius 2 is 1.97 bits per heavy atom. The molecule has 1 aliphatic rings. The van der Waals surface area contributed by atoms with E-state index in [0.29, 0.717) is 6.42 Å². The first-order chi connectivity index (χ1) is 16.0. The second-order valence-electron chi connectivity index (χ2n) is 8.66. The number of rotatable bonds is 15. The van der Waals surface area contributed by atoms with E-state index in [1.807, 2.05) is 38.2 Å². The van der Waals surface area contributed by atoms with Crippen molar-refractivity contribution in [2.45, 2.75) is 84.7 Å². The average Bonchev–Trinajstić information content (AvgIpc) is 2.82. The standard InChI is InChI=1S/C31H45NO/c1-5-7-8-9-10-11-15-21-30(32)29(24-22-27(4)18-16-17-26(3)6-2)31(33)25-23-28-19-13-12-14-20-28/h5-9,12-13,16-17,19,22,24,31,33H,4,10-11,14-15,18,20-21,23,25,32H2,1-3H3/b7-5-,9-8-,17-16-,24-22-,26-6-,30-29+. The Morgan fingerprint density at radius 3 is 2.67 bits per heavy atom. The Balaban J connectivity index is 2.79. The molecule has 0 heterocycles. The van der Waals surface area contributed by atoms with Gasteiger partial charge in [-0.25, -0.2) is 0 Å². The summed E-state index contributed by atoms with van der Waals surface area (Å²) < 4.78 is 0. The predicted octanol–water partition coefficient (Wildman–Crippen LogP) is 8.33. The second kappa shape index (κ2) is 17.9. The summed E-state index contributed by atoms with van der Waals surface area (Å²) in [5.41, 5.74) is 11.8. The van der Waals surface area contributed by atoms with Crippen LogP contribution in [0, 0.1) is 0 Å². The van der Waals surface area contributed by atoms with Crippen LogP contribution in [0.5, 0.6) is 0 Å². The molecule has 1 unspecified atom stereocenters. The maximum Gasteiger partial charge on any atom is 0.0809 e. The summed E-state index contributed by atoms with van der Waals surface area (Å²) >= 11 is 0. The fourth-order valence-electron chi connectivity index (χ4n) is 3.55. The zero-order valence-corrected chi connectivity index (χ0v) is 21.1. The van der Waals surface area contributed by atoms with Crippen molar-refractivity contribution in [3.05, 3.63) is 107 Å². The molecule has 0 fully saturated rings. The summed E-state index contributed by atoms with van der Waals surface area (Å²) in [5.74, 6) is 0. The molecule has 33 heavy (non-hydrogen) atoms. The van der Waals surface area contributed by atoms with Crippen LogP contribution in [0.1, 0.15) is 78.6 Å². The van der Waals surface area contributed by atoms with Crippen molar-refractivity contribution in [3.63, 3.8) is 0 Å². The van der Waals surface area contributed by atoms with E-state index in [9.17, 15) is 5.11 Å². The second-order valence-corrected chi connectivity index (χ2v) is 8.66. The van der Waals surface area contributed by atoms with Gasteiger partial charge in [0.25, 0.3) is 0 Å². The molecule has 0 saturated heterocycles. The lowest BCUT2D eigenvalue weighted by Gasteiger charge is -2.17. The Labute approximate surface area is 203 Å². The van der Waals surface area contributed by atoms with E-state index in [0.717, 1.165) is 68.2 Å². The Morgan fingerprint density at radius 1 is 1.15 bits per heavy atom. The first kappa shape index (κ1) is 28.5. The molecule has 0 aliphatic heterocycles. The van der Waals surface area contributed by atoms with Crippen LogP contribution in [0.15, 0.2) is 107 Å². The first-order valence-electron chi connectivity index (χ1n) is 12.4. The van der Waals surface area contributed by atoms with E-state index in [2.05, 4.69) is 62.1 Å². The van der Waals surface area contributed by atoms with Crippen LogP contribution in [0.2, 0.25) is 0 Å². The Kier molecular flexibility index (Phi) is 15.4. The van der Waals surface area contributed by atoms with E-state index in [-0.39, 0.29) is 0 Å². The molecule has 180 valence electrons. The van der Waals surface area contributed by atoms with Gasteiger partial charge in [-0.15, -0.1) is 0 Å². The summed E-state index contributed by atoms with van der Waals surface area (Å²) in [6, 6.07) is 0. The fraction of sp³-hybridized carbons (Fsp3) is 0.419. The molecule has 0 aromatic carbocycles. The highest BCUT2D eigenvalue weighted by molar-refractivity contribution is 5.33. The van der Waals surface area contributed by atoms with Crippen molar-refractivity contribution in [1.29, 1.82) is 0 Å². The van der Waals surface area contributed by atoms with Crippen molar-refractivity contribution >= 4 is 0 Å². The van der Waals surface area contributed by atoms with Gasteiger partial charge in [0, 0.05) is 5.70 Å². The van der Waals surface area contributed by atoms with Crippen LogP contribution in [0.25, 0.3) is 0 Å². The van der Waals surface area contributed by atoms with Crippen LogP contribution in [0.4, 0.5) is 0 Å². The molecule has 1 atom stereocenters. The number of allylic oxidation sites excluding steroid dienone is 15. The maximum atomic E-state index is 11.0. The highest BCUT2D eigenvalue weighted by Gasteiger charge is 2.13. The minimum absolute atomic E-state index is 0.559. The summed E-state index contributed by atoms with van der Waals surface area (Å²) in [5, 5.41) is 11.0. The monoisotopic (exact) mass is 447 g/mol. The van der Waals surface area contributed by atoms with Crippen LogP contribution in [0.3, 0.4) is 0 Å². The van der Waals surface area contributed by atoms with Crippen molar-refractivity contribution in [1.82, 2.24) is 0 Å². The highest BCUT2D eigenvalue weighted by atomic mass is 16.3. The topological polar surface area (TPSA) is 46.2 Å². The highest BCUT2D eigenvalue weighted by Crippen LogP contribution is 2.23. The van der Waals surface area contributed by atoms with Crippen molar-refractivity contribution in [2.75, 3.05) is 0 Å². The molecule has 0 saturated carbocycles. The molecule has 0 bridgehead atoms. The molecule has 1 rings (SSSR count). The number of unbranched alkanes of at least 4 members (excludes halogenated alkanes) is 2. The van der Waals surface area contributed by atoms with Gasteiger partial charge >= 0.3 is 0 Å². The van der Waals surface area contributed by atoms with Gasteiger partial charge in [0.15, 0.2) is 0 Å². The van der Waals surface area contributed by atoms with Gasteiger partial charge in [-0.2, -0.15) is 0 Å². The molecule has 0 aromatic heterocycles. The smallest absolute Gasteiger partial charge is 0.0809 e. The van der Waals surface area contributed by atoms with Crippen molar-refractivity contribution < 1.29 is 5.11 Å². The minimum atomic E-state index is -0.559.